The van der Waals surface area contributed by atoms with E-state index in [1.165, 1.54) is 13.0 Å². The number of rotatable bonds is 2. The minimum atomic E-state index is -0.824. The lowest BCUT2D eigenvalue weighted by molar-refractivity contribution is -0.0233. The Morgan fingerprint density at radius 1 is 1.35 bits per heavy atom. The van der Waals surface area contributed by atoms with Crippen molar-refractivity contribution in [1.82, 2.24) is 0 Å². The quantitative estimate of drug-likeness (QED) is 0.828. The molecule has 0 aromatic heterocycles. The molecular formula is C12H14F2O3. The smallest absolute Gasteiger partial charge is 0.131 e. The Balaban J connectivity index is 2.27. The van der Waals surface area contributed by atoms with Crippen LogP contribution in [0.1, 0.15) is 23.7 Å². The Morgan fingerprint density at radius 2 is 2.06 bits per heavy atom. The van der Waals surface area contributed by atoms with E-state index in [-0.39, 0.29) is 18.6 Å². The molecule has 1 aliphatic heterocycles. The normalized spacial score (nSPS) is 28.6. The van der Waals surface area contributed by atoms with E-state index in [0.717, 1.165) is 6.07 Å². The molecular weight excluding hydrogens is 230 g/mol. The molecule has 0 amide bonds. The van der Waals surface area contributed by atoms with Crippen LogP contribution < -0.4 is 0 Å². The lowest BCUT2D eigenvalue weighted by atomic mass is 10.0. The van der Waals surface area contributed by atoms with Gasteiger partial charge in [-0.15, -0.1) is 0 Å². The number of hydrogen-bond acceptors (Lipinski definition) is 3. The van der Waals surface area contributed by atoms with Crippen molar-refractivity contribution in [1.29, 1.82) is 0 Å². The molecule has 1 aliphatic rings. The van der Waals surface area contributed by atoms with Crippen molar-refractivity contribution < 1.29 is 23.7 Å². The first-order valence-electron chi connectivity index (χ1n) is 5.43. The molecule has 1 heterocycles. The third kappa shape index (κ3) is 2.31. The summed E-state index contributed by atoms with van der Waals surface area (Å²) in [5.41, 5.74) is 0.547. The lowest BCUT2D eigenvalue weighted by Gasteiger charge is -2.14. The monoisotopic (exact) mass is 244 g/mol. The van der Waals surface area contributed by atoms with Gasteiger partial charge in [0.25, 0.3) is 0 Å². The average Bonchev–Trinajstić information content (AvgIpc) is 2.65. The largest absolute Gasteiger partial charge is 0.394 e. The SMILES string of the molecule is Cc1cc([C@H]2C[C@@H](O)[C@@H](CO)O2)c(F)cc1F. The van der Waals surface area contributed by atoms with Gasteiger partial charge < -0.3 is 14.9 Å². The number of aliphatic hydroxyl groups excluding tert-OH is 2. The number of hydrogen-bond donors (Lipinski definition) is 2. The highest BCUT2D eigenvalue weighted by molar-refractivity contribution is 5.28. The van der Waals surface area contributed by atoms with Crippen LogP contribution in [0.5, 0.6) is 0 Å². The van der Waals surface area contributed by atoms with Crippen molar-refractivity contribution in [3.63, 3.8) is 0 Å². The topological polar surface area (TPSA) is 49.7 Å². The zero-order chi connectivity index (χ0) is 12.6. The zero-order valence-electron chi connectivity index (χ0n) is 9.36. The zero-order valence-corrected chi connectivity index (χ0v) is 9.36. The number of benzene rings is 1. The summed E-state index contributed by atoms with van der Waals surface area (Å²) in [7, 11) is 0. The van der Waals surface area contributed by atoms with Crippen molar-refractivity contribution in [3.05, 3.63) is 34.9 Å². The fourth-order valence-electron chi connectivity index (χ4n) is 2.02. The van der Waals surface area contributed by atoms with Crippen molar-refractivity contribution >= 4 is 0 Å². The van der Waals surface area contributed by atoms with Crippen molar-refractivity contribution in [2.75, 3.05) is 6.61 Å². The van der Waals surface area contributed by atoms with E-state index in [4.69, 9.17) is 9.84 Å². The van der Waals surface area contributed by atoms with Crippen LogP contribution in [0.2, 0.25) is 0 Å². The van der Waals surface area contributed by atoms with E-state index >= 15 is 0 Å². The first kappa shape index (κ1) is 12.4. The maximum atomic E-state index is 13.6. The van der Waals surface area contributed by atoms with Gasteiger partial charge in [-0.05, 0) is 18.6 Å². The van der Waals surface area contributed by atoms with Gasteiger partial charge in [0.05, 0.1) is 18.8 Å². The molecule has 1 aromatic rings. The predicted molar refractivity (Wildman–Crippen MR) is 56.4 cm³/mol. The van der Waals surface area contributed by atoms with Crippen LogP contribution in [0.15, 0.2) is 12.1 Å². The van der Waals surface area contributed by atoms with Crippen LogP contribution >= 0.6 is 0 Å². The average molecular weight is 244 g/mol. The molecule has 1 fully saturated rings. The van der Waals surface area contributed by atoms with Gasteiger partial charge in [0.15, 0.2) is 0 Å². The van der Waals surface area contributed by atoms with Gasteiger partial charge >= 0.3 is 0 Å². The minimum Gasteiger partial charge on any atom is -0.394 e. The summed E-state index contributed by atoms with van der Waals surface area (Å²) >= 11 is 0. The minimum absolute atomic E-state index is 0.202. The molecule has 5 heteroatoms. The van der Waals surface area contributed by atoms with Gasteiger partial charge in [0.1, 0.15) is 17.7 Å². The highest BCUT2D eigenvalue weighted by Gasteiger charge is 2.35. The van der Waals surface area contributed by atoms with Gasteiger partial charge in [-0.2, -0.15) is 0 Å². The van der Waals surface area contributed by atoms with E-state index < -0.39 is 29.9 Å². The summed E-state index contributed by atoms with van der Waals surface area (Å²) in [5, 5.41) is 18.5. The number of halogens is 2. The Hall–Kier alpha value is -1.04. The maximum absolute atomic E-state index is 13.6. The van der Waals surface area contributed by atoms with E-state index in [0.29, 0.717) is 5.56 Å². The van der Waals surface area contributed by atoms with Gasteiger partial charge in [-0.3, -0.25) is 0 Å². The van der Waals surface area contributed by atoms with E-state index in [1.807, 2.05) is 0 Å². The Labute approximate surface area is 97.6 Å². The standard InChI is InChI=1S/C12H14F2O3/c1-6-2-7(9(14)3-8(6)13)11-4-10(16)12(5-15)17-11/h2-3,10-12,15-16H,4-5H2,1H3/t10-,11-,12-/m1/s1. The van der Waals surface area contributed by atoms with Crippen LogP contribution in [0, 0.1) is 18.6 Å². The molecule has 3 nitrogen and oxygen atoms in total. The molecule has 3 atom stereocenters. The Morgan fingerprint density at radius 3 is 2.65 bits per heavy atom. The molecule has 0 saturated carbocycles. The van der Waals surface area contributed by atoms with Crippen LogP contribution in [0.4, 0.5) is 8.78 Å². The molecule has 1 aromatic carbocycles. The summed E-state index contributed by atoms with van der Waals surface area (Å²) in [6.45, 7) is 1.21. The lowest BCUT2D eigenvalue weighted by Crippen LogP contribution is -2.24. The number of aryl methyl sites for hydroxylation is 1. The summed E-state index contributed by atoms with van der Waals surface area (Å²) in [6.07, 6.45) is -1.96. The number of aliphatic hydroxyl groups is 2. The first-order valence-corrected chi connectivity index (χ1v) is 5.43. The Kier molecular flexibility index (Phi) is 3.42. The van der Waals surface area contributed by atoms with Gasteiger partial charge in [-0.1, -0.05) is 0 Å². The highest BCUT2D eigenvalue weighted by atomic mass is 19.1. The van der Waals surface area contributed by atoms with Gasteiger partial charge in [-0.25, -0.2) is 8.78 Å². The van der Waals surface area contributed by atoms with Crippen LogP contribution in [-0.4, -0.2) is 29.0 Å². The number of ether oxygens (including phenoxy) is 1. The van der Waals surface area contributed by atoms with Gasteiger partial charge in [0.2, 0.25) is 0 Å². The fourth-order valence-corrected chi connectivity index (χ4v) is 2.02. The van der Waals surface area contributed by atoms with Gasteiger partial charge in [0, 0.05) is 18.1 Å². The highest BCUT2D eigenvalue weighted by Crippen LogP contribution is 2.35. The van der Waals surface area contributed by atoms with Crippen LogP contribution in [0.3, 0.4) is 0 Å². The maximum Gasteiger partial charge on any atom is 0.131 e. The van der Waals surface area contributed by atoms with Crippen LogP contribution in [0.25, 0.3) is 0 Å². The molecule has 0 radical (unpaired) electrons. The second-order valence-electron chi connectivity index (χ2n) is 4.27. The van der Waals surface area contributed by atoms with Crippen LogP contribution in [-0.2, 0) is 4.74 Å². The fraction of sp³-hybridized carbons (Fsp3) is 0.500. The third-order valence-electron chi connectivity index (χ3n) is 3.03. The second-order valence-corrected chi connectivity index (χ2v) is 4.27. The molecule has 0 bridgehead atoms. The summed E-state index contributed by atoms with van der Waals surface area (Å²) in [6, 6.07) is 2.19. The second kappa shape index (κ2) is 4.68. The molecule has 2 rings (SSSR count). The molecule has 2 N–H and O–H groups in total. The molecule has 1 saturated heterocycles. The molecule has 94 valence electrons. The molecule has 0 unspecified atom stereocenters. The van der Waals surface area contributed by atoms with Crippen molar-refractivity contribution in [2.45, 2.75) is 31.7 Å². The Bertz CT molecular complexity index is 422. The summed E-state index contributed by atoms with van der Waals surface area (Å²) < 4.78 is 32.0. The summed E-state index contributed by atoms with van der Waals surface area (Å²) in [4.78, 5) is 0. The van der Waals surface area contributed by atoms with Crippen molar-refractivity contribution in [3.8, 4) is 0 Å². The van der Waals surface area contributed by atoms with E-state index in [1.54, 1.807) is 0 Å². The van der Waals surface area contributed by atoms with Crippen molar-refractivity contribution in [2.24, 2.45) is 0 Å². The predicted octanol–water partition coefficient (Wildman–Crippen LogP) is 1.46. The molecule has 17 heavy (non-hydrogen) atoms. The van der Waals surface area contributed by atoms with E-state index in [2.05, 4.69) is 0 Å². The van der Waals surface area contributed by atoms with E-state index in [9.17, 15) is 13.9 Å². The molecule has 0 spiro atoms. The molecule has 0 aliphatic carbocycles. The first-order chi connectivity index (χ1) is 8.02. The summed E-state index contributed by atoms with van der Waals surface area (Å²) in [5.74, 6) is -1.30. The third-order valence-corrected chi connectivity index (χ3v) is 3.03.